The van der Waals surface area contributed by atoms with Crippen LogP contribution in [-0.2, 0) is 5.75 Å². The van der Waals surface area contributed by atoms with Gasteiger partial charge in [0.1, 0.15) is 16.9 Å². The van der Waals surface area contributed by atoms with Gasteiger partial charge < -0.3 is 14.4 Å². The zero-order valence-corrected chi connectivity index (χ0v) is 16.3. The molecule has 0 saturated heterocycles. The maximum atomic E-state index is 13.1. The van der Waals surface area contributed by atoms with E-state index in [4.69, 9.17) is 9.47 Å². The van der Waals surface area contributed by atoms with Crippen LogP contribution in [0.1, 0.15) is 46.6 Å². The molecule has 1 atom stereocenters. The molecular weight excluding hydrogens is 346 g/mol. The van der Waals surface area contributed by atoms with E-state index >= 15 is 0 Å². The maximum absolute atomic E-state index is 13.1. The molecule has 1 amide bonds. The van der Waals surface area contributed by atoms with Gasteiger partial charge in [0.25, 0.3) is 5.91 Å². The minimum atomic E-state index is -0.0369. The molecule has 1 unspecified atom stereocenters. The average Bonchev–Trinajstić information content (AvgIpc) is 2.96. The van der Waals surface area contributed by atoms with Crippen LogP contribution < -0.4 is 9.47 Å². The summed E-state index contributed by atoms with van der Waals surface area (Å²) in [6.07, 6.45) is 2.04. The van der Waals surface area contributed by atoms with E-state index in [0.29, 0.717) is 11.3 Å². The van der Waals surface area contributed by atoms with Crippen LogP contribution in [-0.4, -0.2) is 31.6 Å². The van der Waals surface area contributed by atoms with E-state index in [2.05, 4.69) is 19.1 Å². The summed E-state index contributed by atoms with van der Waals surface area (Å²) in [5.41, 5.74) is 2.92. The molecule has 0 saturated carbocycles. The Balaban J connectivity index is 1.95. The van der Waals surface area contributed by atoms with Crippen molar-refractivity contribution >= 4 is 17.7 Å². The minimum Gasteiger partial charge on any atom is -0.497 e. The van der Waals surface area contributed by atoms with E-state index in [1.807, 2.05) is 35.2 Å². The zero-order chi connectivity index (χ0) is 18.5. The first kappa shape index (κ1) is 18.6. The van der Waals surface area contributed by atoms with Crippen LogP contribution in [0.25, 0.3) is 0 Å². The number of ether oxygens (including phenoxy) is 2. The van der Waals surface area contributed by atoms with Crippen LogP contribution in [0.5, 0.6) is 11.5 Å². The standard InChI is InChI=1S/C21H25NO3S/c1-4-5-11-22-20(23)17-12-16(24-2)13-18(25-3)19(17)21(22)26-14-15-9-7-6-8-10-15/h6-10,12-13,21H,4-5,11,14H2,1-3H3. The smallest absolute Gasteiger partial charge is 0.255 e. The van der Waals surface area contributed by atoms with Gasteiger partial charge in [-0.1, -0.05) is 43.7 Å². The molecular formula is C21H25NO3S. The van der Waals surface area contributed by atoms with Gasteiger partial charge in [0, 0.05) is 23.9 Å². The third-order valence-electron chi connectivity index (χ3n) is 4.60. The quantitative estimate of drug-likeness (QED) is 0.662. The van der Waals surface area contributed by atoms with Crippen LogP contribution in [0, 0.1) is 0 Å². The van der Waals surface area contributed by atoms with E-state index in [1.54, 1.807) is 26.0 Å². The van der Waals surface area contributed by atoms with E-state index in [1.165, 1.54) is 5.56 Å². The lowest BCUT2D eigenvalue weighted by Gasteiger charge is -2.25. The van der Waals surface area contributed by atoms with Crippen LogP contribution in [0.2, 0.25) is 0 Å². The van der Waals surface area contributed by atoms with Gasteiger partial charge in [0.2, 0.25) is 0 Å². The number of nitrogens with zero attached hydrogens (tertiary/aromatic N) is 1. The first-order valence-corrected chi connectivity index (χ1v) is 9.96. The Morgan fingerprint density at radius 3 is 2.54 bits per heavy atom. The number of rotatable bonds is 8. The normalized spacial score (nSPS) is 15.9. The van der Waals surface area contributed by atoms with Gasteiger partial charge in [-0.2, -0.15) is 0 Å². The van der Waals surface area contributed by atoms with Crippen LogP contribution in [0.15, 0.2) is 42.5 Å². The molecule has 1 aliphatic rings. The van der Waals surface area contributed by atoms with Crippen molar-refractivity contribution in [2.45, 2.75) is 30.9 Å². The Kier molecular flexibility index (Phi) is 6.09. The highest BCUT2D eigenvalue weighted by molar-refractivity contribution is 7.98. The number of hydrogen-bond acceptors (Lipinski definition) is 4. The summed E-state index contributed by atoms with van der Waals surface area (Å²) in [7, 11) is 3.25. The fourth-order valence-electron chi connectivity index (χ4n) is 3.21. The van der Waals surface area contributed by atoms with E-state index in [0.717, 1.165) is 36.5 Å². The summed E-state index contributed by atoms with van der Waals surface area (Å²) in [6.45, 7) is 2.89. The van der Waals surface area contributed by atoms with Crippen molar-refractivity contribution in [3.05, 3.63) is 59.2 Å². The molecule has 2 aromatic carbocycles. The Morgan fingerprint density at radius 2 is 1.88 bits per heavy atom. The predicted molar refractivity (Wildman–Crippen MR) is 106 cm³/mol. The second-order valence-corrected chi connectivity index (χ2v) is 7.36. The van der Waals surface area contributed by atoms with Crippen LogP contribution in [0.4, 0.5) is 0 Å². The monoisotopic (exact) mass is 371 g/mol. The van der Waals surface area contributed by atoms with Crippen molar-refractivity contribution in [3.8, 4) is 11.5 Å². The summed E-state index contributed by atoms with van der Waals surface area (Å²) in [4.78, 5) is 15.0. The molecule has 3 rings (SSSR count). The number of benzene rings is 2. The molecule has 0 radical (unpaired) electrons. The number of thioether (sulfide) groups is 1. The van der Waals surface area contributed by atoms with Crippen molar-refractivity contribution < 1.29 is 14.3 Å². The number of carbonyl (C=O) groups is 1. The highest BCUT2D eigenvalue weighted by Gasteiger charge is 2.39. The largest absolute Gasteiger partial charge is 0.497 e. The molecule has 0 aliphatic carbocycles. The van der Waals surface area contributed by atoms with Gasteiger partial charge in [0.15, 0.2) is 0 Å². The fourth-order valence-corrected chi connectivity index (χ4v) is 4.54. The molecule has 0 N–H and O–H groups in total. The van der Waals surface area contributed by atoms with E-state index in [9.17, 15) is 4.79 Å². The van der Waals surface area contributed by atoms with Crippen LogP contribution >= 0.6 is 11.8 Å². The minimum absolute atomic E-state index is 0.0369. The topological polar surface area (TPSA) is 38.8 Å². The van der Waals surface area contributed by atoms with Gasteiger partial charge in [-0.05, 0) is 18.1 Å². The predicted octanol–water partition coefficient (Wildman–Crippen LogP) is 4.89. The Bertz CT molecular complexity index is 763. The number of amides is 1. The van der Waals surface area contributed by atoms with Crippen molar-refractivity contribution in [1.29, 1.82) is 0 Å². The third kappa shape index (κ3) is 3.68. The highest BCUT2D eigenvalue weighted by Crippen LogP contribution is 2.48. The van der Waals surface area contributed by atoms with Gasteiger partial charge in [0.05, 0.1) is 19.8 Å². The maximum Gasteiger partial charge on any atom is 0.255 e. The second kappa shape index (κ2) is 8.49. The number of hydrogen-bond donors (Lipinski definition) is 0. The Hall–Kier alpha value is -2.14. The first-order chi connectivity index (χ1) is 12.7. The lowest BCUT2D eigenvalue weighted by molar-refractivity contribution is 0.0771. The summed E-state index contributed by atoms with van der Waals surface area (Å²) >= 11 is 1.77. The van der Waals surface area contributed by atoms with Gasteiger partial charge >= 0.3 is 0 Å². The summed E-state index contributed by atoms with van der Waals surface area (Å²) in [6, 6.07) is 14.0. The molecule has 4 nitrogen and oxygen atoms in total. The molecule has 0 fully saturated rings. The summed E-state index contributed by atoms with van der Waals surface area (Å²) < 4.78 is 11.0. The molecule has 5 heteroatoms. The van der Waals surface area contributed by atoms with Crippen molar-refractivity contribution in [1.82, 2.24) is 4.90 Å². The second-order valence-electron chi connectivity index (χ2n) is 6.29. The van der Waals surface area contributed by atoms with Crippen molar-refractivity contribution in [2.75, 3.05) is 20.8 Å². The van der Waals surface area contributed by atoms with E-state index in [-0.39, 0.29) is 11.3 Å². The van der Waals surface area contributed by atoms with Gasteiger partial charge in [-0.3, -0.25) is 4.79 Å². The number of unbranched alkanes of at least 4 members (excludes halogenated alkanes) is 1. The molecule has 0 spiro atoms. The highest BCUT2D eigenvalue weighted by atomic mass is 32.2. The van der Waals surface area contributed by atoms with Gasteiger partial charge in [-0.25, -0.2) is 0 Å². The molecule has 26 heavy (non-hydrogen) atoms. The number of fused-ring (bicyclic) bond motifs is 1. The Labute approximate surface area is 159 Å². The molecule has 138 valence electrons. The summed E-state index contributed by atoms with van der Waals surface area (Å²) in [5.74, 6) is 2.28. The van der Waals surface area contributed by atoms with E-state index < -0.39 is 0 Å². The SMILES string of the molecule is CCCCN1C(=O)c2cc(OC)cc(OC)c2C1SCc1ccccc1. The summed E-state index contributed by atoms with van der Waals surface area (Å²) in [5, 5.41) is -0.0369. The molecule has 0 aromatic heterocycles. The molecule has 0 bridgehead atoms. The molecule has 1 aliphatic heterocycles. The van der Waals surface area contributed by atoms with Crippen molar-refractivity contribution in [3.63, 3.8) is 0 Å². The number of methoxy groups -OCH3 is 2. The number of carbonyl (C=O) groups excluding carboxylic acids is 1. The van der Waals surface area contributed by atoms with Gasteiger partial charge in [-0.15, -0.1) is 11.8 Å². The van der Waals surface area contributed by atoms with Crippen molar-refractivity contribution in [2.24, 2.45) is 0 Å². The Morgan fingerprint density at radius 1 is 1.12 bits per heavy atom. The molecule has 1 heterocycles. The zero-order valence-electron chi connectivity index (χ0n) is 15.5. The third-order valence-corrected chi connectivity index (χ3v) is 5.90. The average molecular weight is 372 g/mol. The lowest BCUT2D eigenvalue weighted by atomic mass is 10.1. The first-order valence-electron chi connectivity index (χ1n) is 8.92. The van der Waals surface area contributed by atoms with Crippen LogP contribution in [0.3, 0.4) is 0 Å². The lowest BCUT2D eigenvalue weighted by Crippen LogP contribution is -2.27. The fraction of sp³-hybridized carbons (Fsp3) is 0.381. The molecule has 2 aromatic rings.